The largest absolute Gasteiger partial charge is 0.342 e. The molecule has 5 heteroatoms. The van der Waals surface area contributed by atoms with Gasteiger partial charge < -0.3 is 10.2 Å². The van der Waals surface area contributed by atoms with Crippen LogP contribution < -0.4 is 5.32 Å². The lowest BCUT2D eigenvalue weighted by atomic mass is 9.94. The summed E-state index contributed by atoms with van der Waals surface area (Å²) in [6.45, 7) is 5.10. The lowest BCUT2D eigenvalue weighted by Gasteiger charge is -2.25. The first kappa shape index (κ1) is 15.0. The van der Waals surface area contributed by atoms with Gasteiger partial charge >= 0.3 is 0 Å². The van der Waals surface area contributed by atoms with Crippen LogP contribution in [0.3, 0.4) is 0 Å². The maximum atomic E-state index is 12.5. The van der Waals surface area contributed by atoms with Gasteiger partial charge in [0.15, 0.2) is 0 Å². The second-order valence-electron chi connectivity index (χ2n) is 5.73. The van der Waals surface area contributed by atoms with Crippen molar-refractivity contribution in [2.24, 2.45) is 13.0 Å². The van der Waals surface area contributed by atoms with Crippen LogP contribution in [0.15, 0.2) is 6.20 Å². The molecule has 1 aliphatic heterocycles. The maximum Gasteiger partial charge on any atom is 0.257 e. The first-order chi connectivity index (χ1) is 9.61. The van der Waals surface area contributed by atoms with Crippen LogP contribution in [0.1, 0.15) is 42.2 Å². The number of carbonyl (C=O) groups excluding carboxylic acids is 1. The monoisotopic (exact) mass is 278 g/mol. The van der Waals surface area contributed by atoms with E-state index in [9.17, 15) is 4.79 Å². The van der Waals surface area contributed by atoms with Crippen LogP contribution in [-0.2, 0) is 13.5 Å². The molecule has 1 fully saturated rings. The summed E-state index contributed by atoms with van der Waals surface area (Å²) < 4.78 is 1.73. The smallest absolute Gasteiger partial charge is 0.257 e. The van der Waals surface area contributed by atoms with Gasteiger partial charge in [-0.05, 0) is 44.7 Å². The lowest BCUT2D eigenvalue weighted by Crippen LogP contribution is -2.32. The minimum atomic E-state index is 0.101. The zero-order valence-corrected chi connectivity index (χ0v) is 12.9. The summed E-state index contributed by atoms with van der Waals surface area (Å²) >= 11 is 0. The minimum Gasteiger partial charge on any atom is -0.342 e. The highest BCUT2D eigenvalue weighted by molar-refractivity contribution is 5.94. The van der Waals surface area contributed by atoms with Gasteiger partial charge in [0.1, 0.15) is 0 Å². The zero-order valence-electron chi connectivity index (χ0n) is 12.9. The fourth-order valence-corrected chi connectivity index (χ4v) is 2.83. The number of hydrogen-bond acceptors (Lipinski definition) is 3. The highest BCUT2D eigenvalue weighted by Crippen LogP contribution is 2.17. The summed E-state index contributed by atoms with van der Waals surface area (Å²) in [6, 6.07) is 0. The molecule has 5 nitrogen and oxygen atoms in total. The number of aryl methyl sites for hydroxylation is 2. The van der Waals surface area contributed by atoms with Crippen LogP contribution in [0.4, 0.5) is 0 Å². The molecule has 1 aromatic heterocycles. The molecule has 1 aliphatic rings. The van der Waals surface area contributed by atoms with Gasteiger partial charge in [0, 0.05) is 26.8 Å². The zero-order chi connectivity index (χ0) is 14.5. The molecule has 0 saturated carbocycles. The van der Waals surface area contributed by atoms with E-state index >= 15 is 0 Å². The SMILES string of the molecule is CCc1nn(C)cc1C(=O)N(C)CCC1CCNCC1. The van der Waals surface area contributed by atoms with E-state index in [0.29, 0.717) is 0 Å². The van der Waals surface area contributed by atoms with Crippen LogP contribution in [0, 0.1) is 5.92 Å². The molecule has 2 heterocycles. The highest BCUT2D eigenvalue weighted by atomic mass is 16.2. The molecule has 1 saturated heterocycles. The van der Waals surface area contributed by atoms with Crippen molar-refractivity contribution in [2.75, 3.05) is 26.7 Å². The van der Waals surface area contributed by atoms with Crippen LogP contribution in [0.5, 0.6) is 0 Å². The first-order valence-corrected chi connectivity index (χ1v) is 7.60. The summed E-state index contributed by atoms with van der Waals surface area (Å²) in [5.41, 5.74) is 1.65. The molecule has 0 aliphatic carbocycles. The molecule has 1 amide bonds. The van der Waals surface area contributed by atoms with Gasteiger partial charge in [-0.2, -0.15) is 5.10 Å². The number of aromatic nitrogens is 2. The fraction of sp³-hybridized carbons (Fsp3) is 0.733. The van der Waals surface area contributed by atoms with Crippen LogP contribution in [0.2, 0.25) is 0 Å². The Bertz CT molecular complexity index is 449. The molecule has 20 heavy (non-hydrogen) atoms. The average molecular weight is 278 g/mol. The van der Waals surface area contributed by atoms with E-state index in [2.05, 4.69) is 10.4 Å². The number of piperidine rings is 1. The average Bonchev–Trinajstić information content (AvgIpc) is 2.86. The highest BCUT2D eigenvalue weighted by Gasteiger charge is 2.20. The van der Waals surface area contributed by atoms with Gasteiger partial charge in [-0.15, -0.1) is 0 Å². The molecule has 0 radical (unpaired) electrons. The van der Waals surface area contributed by atoms with Gasteiger partial charge in [-0.3, -0.25) is 9.48 Å². The van der Waals surface area contributed by atoms with Crippen LogP contribution in [-0.4, -0.2) is 47.3 Å². The molecular formula is C15H26N4O. The van der Waals surface area contributed by atoms with Gasteiger partial charge in [-0.1, -0.05) is 6.92 Å². The van der Waals surface area contributed by atoms with E-state index in [4.69, 9.17) is 0 Å². The number of nitrogens with one attached hydrogen (secondary N) is 1. The van der Waals surface area contributed by atoms with E-state index in [0.717, 1.165) is 49.7 Å². The van der Waals surface area contributed by atoms with Gasteiger partial charge in [0.05, 0.1) is 11.3 Å². The number of amides is 1. The molecular weight excluding hydrogens is 252 g/mol. The Morgan fingerprint density at radius 2 is 2.20 bits per heavy atom. The van der Waals surface area contributed by atoms with E-state index in [1.165, 1.54) is 12.8 Å². The van der Waals surface area contributed by atoms with Crippen molar-refractivity contribution in [3.05, 3.63) is 17.5 Å². The Morgan fingerprint density at radius 3 is 2.85 bits per heavy atom. The van der Waals surface area contributed by atoms with Crippen LogP contribution in [0.25, 0.3) is 0 Å². The van der Waals surface area contributed by atoms with E-state index in [-0.39, 0.29) is 5.91 Å². The Hall–Kier alpha value is -1.36. The van der Waals surface area contributed by atoms with Crippen molar-refractivity contribution in [1.82, 2.24) is 20.0 Å². The fourth-order valence-electron chi connectivity index (χ4n) is 2.83. The van der Waals surface area contributed by atoms with Crippen molar-refractivity contribution in [1.29, 1.82) is 0 Å². The Morgan fingerprint density at radius 1 is 1.50 bits per heavy atom. The Labute approximate surface area is 121 Å². The molecule has 0 unspecified atom stereocenters. The standard InChI is InChI=1S/C15H26N4O/c1-4-14-13(11-19(3)17-14)15(20)18(2)10-7-12-5-8-16-9-6-12/h11-12,16H,4-10H2,1-3H3. The summed E-state index contributed by atoms with van der Waals surface area (Å²) in [5.74, 6) is 0.856. The van der Waals surface area contributed by atoms with Crippen molar-refractivity contribution in [3.8, 4) is 0 Å². The molecule has 1 aromatic rings. The van der Waals surface area contributed by atoms with Crippen molar-refractivity contribution >= 4 is 5.91 Å². The number of nitrogens with zero attached hydrogens (tertiary/aromatic N) is 3. The molecule has 2 rings (SSSR count). The number of carbonyl (C=O) groups is 1. The quantitative estimate of drug-likeness (QED) is 0.887. The van der Waals surface area contributed by atoms with E-state index < -0.39 is 0 Å². The van der Waals surface area contributed by atoms with Gasteiger partial charge in [0.25, 0.3) is 5.91 Å². The topological polar surface area (TPSA) is 50.2 Å². The van der Waals surface area contributed by atoms with Crippen LogP contribution >= 0.6 is 0 Å². The lowest BCUT2D eigenvalue weighted by molar-refractivity contribution is 0.0783. The molecule has 0 bridgehead atoms. The first-order valence-electron chi connectivity index (χ1n) is 7.60. The second-order valence-corrected chi connectivity index (χ2v) is 5.73. The van der Waals surface area contributed by atoms with Crippen molar-refractivity contribution < 1.29 is 4.79 Å². The number of hydrogen-bond donors (Lipinski definition) is 1. The van der Waals surface area contributed by atoms with E-state index in [1.807, 2.05) is 32.1 Å². The Balaban J connectivity index is 1.90. The minimum absolute atomic E-state index is 0.101. The summed E-state index contributed by atoms with van der Waals surface area (Å²) in [4.78, 5) is 14.3. The van der Waals surface area contributed by atoms with Gasteiger partial charge in [0.2, 0.25) is 0 Å². The van der Waals surface area contributed by atoms with Gasteiger partial charge in [-0.25, -0.2) is 0 Å². The van der Waals surface area contributed by atoms with Crippen molar-refractivity contribution in [2.45, 2.75) is 32.6 Å². The number of rotatable bonds is 5. The van der Waals surface area contributed by atoms with Crippen molar-refractivity contribution in [3.63, 3.8) is 0 Å². The third-order valence-corrected chi connectivity index (χ3v) is 4.15. The van der Waals surface area contributed by atoms with E-state index in [1.54, 1.807) is 4.68 Å². The predicted octanol–water partition coefficient (Wildman–Crippen LogP) is 1.44. The molecule has 0 spiro atoms. The predicted molar refractivity (Wildman–Crippen MR) is 79.8 cm³/mol. The molecule has 0 aromatic carbocycles. The second kappa shape index (κ2) is 6.88. The molecule has 1 N–H and O–H groups in total. The third-order valence-electron chi connectivity index (χ3n) is 4.15. The third kappa shape index (κ3) is 3.60. The maximum absolute atomic E-state index is 12.5. The summed E-state index contributed by atoms with van der Waals surface area (Å²) in [6.07, 6.45) is 6.20. The Kier molecular flexibility index (Phi) is 5.17. The molecule has 112 valence electrons. The normalized spacial score (nSPS) is 16.4. The molecule has 0 atom stereocenters. The summed E-state index contributed by atoms with van der Waals surface area (Å²) in [5, 5.41) is 7.72. The summed E-state index contributed by atoms with van der Waals surface area (Å²) in [7, 11) is 3.76.